The molecule has 0 aliphatic carbocycles. The molecule has 210 valence electrons. The van der Waals surface area contributed by atoms with Crippen LogP contribution in [0.4, 0.5) is 0 Å². The van der Waals surface area contributed by atoms with Gasteiger partial charge in [-0.3, -0.25) is 14.7 Å². The van der Waals surface area contributed by atoms with Gasteiger partial charge in [0.1, 0.15) is 4.99 Å². The van der Waals surface area contributed by atoms with Crippen LogP contribution >= 0.6 is 24.4 Å². The Hall–Kier alpha value is -3.42. The van der Waals surface area contributed by atoms with Crippen molar-refractivity contribution in [3.63, 3.8) is 0 Å². The Morgan fingerprint density at radius 3 is 1.17 bits per heavy atom. The zero-order chi connectivity index (χ0) is 28.7. The maximum absolute atomic E-state index is 6.19. The van der Waals surface area contributed by atoms with E-state index in [9.17, 15) is 0 Å². The minimum Gasteiger partial charge on any atom is -0.324 e. The van der Waals surface area contributed by atoms with Gasteiger partial charge in [-0.1, -0.05) is 134 Å². The van der Waals surface area contributed by atoms with Crippen LogP contribution in [-0.2, 0) is 26.2 Å². The Labute approximate surface area is 255 Å². The smallest absolute Gasteiger partial charge is 0.179 e. The molecule has 1 heterocycles. The zero-order valence-electron chi connectivity index (χ0n) is 23.9. The molecule has 0 saturated carbocycles. The molecule has 0 aromatic heterocycles. The summed E-state index contributed by atoms with van der Waals surface area (Å²) in [6.45, 7) is 8.99. The first-order valence-electron chi connectivity index (χ1n) is 14.1. The van der Waals surface area contributed by atoms with Crippen LogP contribution in [0.2, 0.25) is 0 Å². The molecule has 1 aliphatic rings. The molecule has 41 heavy (non-hydrogen) atoms. The van der Waals surface area contributed by atoms with Crippen molar-refractivity contribution in [2.75, 3.05) is 13.3 Å². The van der Waals surface area contributed by atoms with Gasteiger partial charge in [0.2, 0.25) is 0 Å². The normalized spacial score (nSPS) is 14.8. The second kappa shape index (κ2) is 13.5. The van der Waals surface area contributed by atoms with Crippen molar-refractivity contribution in [3.8, 4) is 0 Å². The van der Waals surface area contributed by atoms with E-state index in [0.29, 0.717) is 13.3 Å². The summed E-state index contributed by atoms with van der Waals surface area (Å²) in [5.74, 6) is 0. The van der Waals surface area contributed by atoms with Gasteiger partial charge >= 0.3 is 0 Å². The van der Waals surface area contributed by atoms with Gasteiger partial charge in [0, 0.05) is 26.2 Å². The monoisotopic (exact) mass is 578 g/mol. The van der Waals surface area contributed by atoms with Crippen LogP contribution in [0.5, 0.6) is 0 Å². The van der Waals surface area contributed by atoms with Crippen LogP contribution in [0.1, 0.15) is 36.1 Å². The molecule has 4 aromatic carbocycles. The lowest BCUT2D eigenvalue weighted by Crippen LogP contribution is -2.49. The number of hydrogen-bond donors (Lipinski definition) is 0. The molecule has 4 nitrogen and oxygen atoms in total. The Kier molecular flexibility index (Phi) is 9.57. The summed E-state index contributed by atoms with van der Waals surface area (Å²) >= 11 is 12.3. The van der Waals surface area contributed by atoms with Gasteiger partial charge in [0.15, 0.2) is 5.11 Å². The van der Waals surface area contributed by atoms with E-state index in [4.69, 9.17) is 24.4 Å². The molecule has 0 unspecified atom stereocenters. The van der Waals surface area contributed by atoms with Crippen molar-refractivity contribution in [2.24, 2.45) is 0 Å². The Balaban J connectivity index is 1.37. The Morgan fingerprint density at radius 2 is 0.829 bits per heavy atom. The highest BCUT2D eigenvalue weighted by molar-refractivity contribution is 7.82. The Bertz CT molecular complexity index is 1330. The number of nitrogens with zero attached hydrogens (tertiary/aromatic N) is 4. The fourth-order valence-electron chi connectivity index (χ4n) is 5.36. The maximum atomic E-state index is 6.19. The SMILES string of the molecule is CC1(C)C(=S)N(CN(Cc2ccccc2)Cc2ccccc2)C(=S)N1CN(Cc1ccccc1)Cc1ccccc1. The lowest BCUT2D eigenvalue weighted by atomic mass is 10.1. The van der Waals surface area contributed by atoms with Crippen molar-refractivity contribution in [1.82, 2.24) is 19.6 Å². The van der Waals surface area contributed by atoms with E-state index in [0.717, 1.165) is 36.3 Å². The molecular formula is C35H38N4S2. The number of hydrogen-bond acceptors (Lipinski definition) is 4. The van der Waals surface area contributed by atoms with Crippen LogP contribution in [0.25, 0.3) is 0 Å². The largest absolute Gasteiger partial charge is 0.324 e. The predicted molar refractivity (Wildman–Crippen MR) is 177 cm³/mol. The highest BCUT2D eigenvalue weighted by atomic mass is 32.1. The van der Waals surface area contributed by atoms with Gasteiger partial charge in [-0.05, 0) is 48.3 Å². The van der Waals surface area contributed by atoms with Gasteiger partial charge in [-0.15, -0.1) is 0 Å². The van der Waals surface area contributed by atoms with E-state index in [2.05, 4.69) is 155 Å². The van der Waals surface area contributed by atoms with Gasteiger partial charge in [-0.25, -0.2) is 0 Å². The van der Waals surface area contributed by atoms with Crippen LogP contribution in [-0.4, -0.2) is 48.6 Å². The minimum absolute atomic E-state index is 0.386. The summed E-state index contributed by atoms with van der Waals surface area (Å²) in [6, 6.07) is 42.5. The molecule has 0 spiro atoms. The third kappa shape index (κ3) is 7.46. The van der Waals surface area contributed by atoms with Crippen molar-refractivity contribution < 1.29 is 0 Å². The number of benzene rings is 4. The first-order chi connectivity index (χ1) is 19.9. The first-order valence-corrected chi connectivity index (χ1v) is 15.0. The lowest BCUT2D eigenvalue weighted by Gasteiger charge is -2.36. The summed E-state index contributed by atoms with van der Waals surface area (Å²) < 4.78 is 0. The molecule has 4 aromatic rings. The first kappa shape index (κ1) is 29.1. The van der Waals surface area contributed by atoms with Crippen LogP contribution < -0.4 is 0 Å². The van der Waals surface area contributed by atoms with E-state index < -0.39 is 0 Å². The molecule has 1 saturated heterocycles. The number of thiocarbonyl (C=S) groups is 2. The van der Waals surface area contributed by atoms with E-state index in [-0.39, 0.29) is 5.54 Å². The number of rotatable bonds is 12. The van der Waals surface area contributed by atoms with Crippen LogP contribution in [0.3, 0.4) is 0 Å². The zero-order valence-corrected chi connectivity index (χ0v) is 25.5. The topological polar surface area (TPSA) is 13.0 Å². The molecule has 1 aliphatic heterocycles. The van der Waals surface area contributed by atoms with Crippen molar-refractivity contribution in [1.29, 1.82) is 0 Å². The highest BCUT2D eigenvalue weighted by Crippen LogP contribution is 2.31. The van der Waals surface area contributed by atoms with E-state index >= 15 is 0 Å². The lowest BCUT2D eigenvalue weighted by molar-refractivity contribution is 0.138. The third-order valence-corrected chi connectivity index (χ3v) is 8.74. The second-order valence-electron chi connectivity index (χ2n) is 11.2. The fraction of sp³-hybridized carbons (Fsp3) is 0.257. The highest BCUT2D eigenvalue weighted by Gasteiger charge is 2.46. The van der Waals surface area contributed by atoms with Gasteiger partial charge < -0.3 is 4.90 Å². The second-order valence-corrected chi connectivity index (χ2v) is 12.0. The predicted octanol–water partition coefficient (Wildman–Crippen LogP) is 7.31. The summed E-state index contributed by atoms with van der Waals surface area (Å²) in [5, 5.41) is 0.789. The Morgan fingerprint density at radius 1 is 0.512 bits per heavy atom. The molecule has 5 rings (SSSR count). The summed E-state index contributed by atoms with van der Waals surface area (Å²) in [4.78, 5) is 10.2. The summed E-state index contributed by atoms with van der Waals surface area (Å²) in [6.07, 6.45) is 0. The van der Waals surface area contributed by atoms with Gasteiger partial charge in [0.25, 0.3) is 0 Å². The van der Waals surface area contributed by atoms with Crippen molar-refractivity contribution in [3.05, 3.63) is 144 Å². The van der Waals surface area contributed by atoms with Gasteiger partial charge in [-0.2, -0.15) is 0 Å². The molecule has 1 fully saturated rings. The standard InChI is InChI=1S/C35H38N4S2/c1-35(2)33(40)38(27-36(23-29-15-7-3-8-16-29)24-30-17-9-4-10-18-30)34(41)39(35)28-37(25-31-19-11-5-12-20-31)26-32-21-13-6-14-22-32/h3-22H,23-28H2,1-2H3. The quantitative estimate of drug-likeness (QED) is 0.162. The van der Waals surface area contributed by atoms with Crippen molar-refractivity contribution in [2.45, 2.75) is 45.6 Å². The third-order valence-electron chi connectivity index (χ3n) is 7.58. The van der Waals surface area contributed by atoms with Crippen LogP contribution in [0.15, 0.2) is 121 Å². The molecule has 0 radical (unpaired) electrons. The summed E-state index contributed by atoms with van der Waals surface area (Å²) in [5.41, 5.74) is 4.72. The minimum atomic E-state index is -0.386. The maximum Gasteiger partial charge on any atom is 0.179 e. The molecule has 6 heteroatoms. The fourth-order valence-corrected chi connectivity index (χ4v) is 6.10. The molecule has 0 N–H and O–H groups in total. The molecule has 0 amide bonds. The average Bonchev–Trinajstić information content (AvgIpc) is 3.14. The molecular weight excluding hydrogens is 541 g/mol. The van der Waals surface area contributed by atoms with Crippen LogP contribution in [0, 0.1) is 0 Å². The molecule has 0 atom stereocenters. The van der Waals surface area contributed by atoms with E-state index in [1.54, 1.807) is 0 Å². The van der Waals surface area contributed by atoms with Gasteiger partial charge in [0.05, 0.1) is 18.9 Å². The summed E-state index contributed by atoms with van der Waals surface area (Å²) in [7, 11) is 0. The average molecular weight is 579 g/mol. The van der Waals surface area contributed by atoms with E-state index in [1.165, 1.54) is 22.3 Å². The van der Waals surface area contributed by atoms with E-state index in [1.807, 2.05) is 0 Å². The van der Waals surface area contributed by atoms with Crippen molar-refractivity contribution >= 4 is 34.5 Å². The molecule has 0 bridgehead atoms.